The molecule has 0 amide bonds. The van der Waals surface area contributed by atoms with Gasteiger partial charge in [-0.2, -0.15) is 0 Å². The highest BCUT2D eigenvalue weighted by molar-refractivity contribution is 9.10. The highest BCUT2D eigenvalue weighted by Crippen LogP contribution is 2.21. The molecular formula is C13H21BrN2O. The zero-order chi connectivity index (χ0) is 12.9. The van der Waals surface area contributed by atoms with Gasteiger partial charge < -0.3 is 10.4 Å². The van der Waals surface area contributed by atoms with E-state index in [4.69, 9.17) is 5.11 Å². The molecule has 0 bridgehead atoms. The van der Waals surface area contributed by atoms with E-state index < -0.39 is 0 Å². The summed E-state index contributed by atoms with van der Waals surface area (Å²) < 4.78 is 1.03. The Morgan fingerprint density at radius 1 is 1.47 bits per heavy atom. The minimum atomic E-state index is 0.0186. The second-order valence-corrected chi connectivity index (χ2v) is 6.03. The van der Waals surface area contributed by atoms with Crippen molar-refractivity contribution in [2.75, 3.05) is 18.5 Å². The summed E-state index contributed by atoms with van der Waals surface area (Å²) in [5.41, 5.74) is 1.20. The summed E-state index contributed by atoms with van der Waals surface area (Å²) in [7, 11) is 0. The quantitative estimate of drug-likeness (QED) is 0.792. The van der Waals surface area contributed by atoms with Gasteiger partial charge in [0.15, 0.2) is 0 Å². The van der Waals surface area contributed by atoms with Crippen LogP contribution in [0, 0.1) is 12.3 Å². The Morgan fingerprint density at radius 3 is 2.76 bits per heavy atom. The van der Waals surface area contributed by atoms with Gasteiger partial charge in [-0.1, -0.05) is 13.8 Å². The first kappa shape index (κ1) is 14.5. The first-order valence-electron chi connectivity index (χ1n) is 5.91. The summed E-state index contributed by atoms with van der Waals surface area (Å²) in [6, 6.07) is 2.03. The summed E-state index contributed by atoms with van der Waals surface area (Å²) >= 11 is 3.43. The van der Waals surface area contributed by atoms with Crippen LogP contribution in [0.15, 0.2) is 16.7 Å². The summed E-state index contributed by atoms with van der Waals surface area (Å²) in [6.45, 7) is 7.33. The average molecular weight is 301 g/mol. The molecule has 17 heavy (non-hydrogen) atoms. The van der Waals surface area contributed by atoms with Crippen molar-refractivity contribution < 1.29 is 5.11 Å². The number of aliphatic hydroxyl groups excluding tert-OH is 1. The lowest BCUT2D eigenvalue weighted by Crippen LogP contribution is -2.18. The maximum atomic E-state index is 9.14. The third-order valence-corrected chi connectivity index (χ3v) is 3.64. The predicted molar refractivity (Wildman–Crippen MR) is 75.3 cm³/mol. The van der Waals surface area contributed by atoms with Gasteiger partial charge in [-0.3, -0.25) is 0 Å². The van der Waals surface area contributed by atoms with Gasteiger partial charge in [0.25, 0.3) is 0 Å². The van der Waals surface area contributed by atoms with Gasteiger partial charge in [-0.05, 0) is 52.7 Å². The molecule has 0 spiro atoms. The van der Waals surface area contributed by atoms with Crippen molar-refractivity contribution in [3.63, 3.8) is 0 Å². The third-order valence-electron chi connectivity index (χ3n) is 2.81. The molecule has 96 valence electrons. The van der Waals surface area contributed by atoms with Crippen molar-refractivity contribution in [1.82, 2.24) is 4.98 Å². The zero-order valence-electron chi connectivity index (χ0n) is 10.8. The molecule has 1 heterocycles. The minimum Gasteiger partial charge on any atom is -0.396 e. The monoisotopic (exact) mass is 300 g/mol. The Labute approximate surface area is 112 Å². The fourth-order valence-electron chi connectivity index (χ4n) is 1.50. The lowest BCUT2D eigenvalue weighted by Gasteiger charge is -2.21. The molecule has 0 aliphatic carbocycles. The Hall–Kier alpha value is -0.610. The number of anilines is 1. The van der Waals surface area contributed by atoms with Crippen molar-refractivity contribution in [3.8, 4) is 0 Å². The van der Waals surface area contributed by atoms with Gasteiger partial charge >= 0.3 is 0 Å². The normalized spacial score (nSPS) is 11.6. The Morgan fingerprint density at radius 2 is 2.18 bits per heavy atom. The third kappa shape index (κ3) is 5.04. The van der Waals surface area contributed by atoms with Crippen LogP contribution in [-0.4, -0.2) is 23.2 Å². The van der Waals surface area contributed by atoms with Crippen LogP contribution in [0.1, 0.15) is 32.3 Å². The molecule has 4 heteroatoms. The number of pyridine rings is 1. The molecule has 1 aromatic rings. The van der Waals surface area contributed by atoms with Crippen LogP contribution in [0.4, 0.5) is 5.82 Å². The van der Waals surface area contributed by atoms with Crippen molar-refractivity contribution >= 4 is 21.7 Å². The number of aryl methyl sites for hydroxylation is 1. The molecule has 0 atom stereocenters. The van der Waals surface area contributed by atoms with Crippen molar-refractivity contribution in [1.29, 1.82) is 0 Å². The van der Waals surface area contributed by atoms with E-state index >= 15 is 0 Å². The van der Waals surface area contributed by atoms with E-state index in [2.05, 4.69) is 40.1 Å². The largest absolute Gasteiger partial charge is 0.396 e. The second-order valence-electron chi connectivity index (χ2n) is 5.17. The van der Waals surface area contributed by atoms with Gasteiger partial charge in [0.1, 0.15) is 5.82 Å². The molecule has 0 unspecified atom stereocenters. The number of nitrogens with one attached hydrogen (secondary N) is 1. The van der Waals surface area contributed by atoms with E-state index in [-0.39, 0.29) is 12.0 Å². The van der Waals surface area contributed by atoms with Gasteiger partial charge in [0, 0.05) is 23.8 Å². The fourth-order valence-corrected chi connectivity index (χ4v) is 1.72. The van der Waals surface area contributed by atoms with Gasteiger partial charge in [0.2, 0.25) is 0 Å². The topological polar surface area (TPSA) is 45.1 Å². The molecule has 3 nitrogen and oxygen atoms in total. The maximum Gasteiger partial charge on any atom is 0.126 e. The predicted octanol–water partition coefficient (Wildman–Crippen LogP) is 3.36. The number of nitrogens with zero attached hydrogens (tertiary/aromatic N) is 1. The summed E-state index contributed by atoms with van der Waals surface area (Å²) in [4.78, 5) is 4.29. The zero-order valence-corrected chi connectivity index (χ0v) is 12.3. The number of hydrogen-bond acceptors (Lipinski definition) is 3. The van der Waals surface area contributed by atoms with E-state index in [1.165, 1.54) is 5.56 Å². The van der Waals surface area contributed by atoms with E-state index in [1.54, 1.807) is 0 Å². The Balaban J connectivity index is 2.34. The fraction of sp³-hybridized carbons (Fsp3) is 0.615. The smallest absolute Gasteiger partial charge is 0.126 e. The van der Waals surface area contributed by atoms with Gasteiger partial charge in [-0.25, -0.2) is 4.98 Å². The van der Waals surface area contributed by atoms with Gasteiger partial charge in [0.05, 0.1) is 0 Å². The molecule has 0 fully saturated rings. The van der Waals surface area contributed by atoms with Crippen LogP contribution in [0.25, 0.3) is 0 Å². The summed E-state index contributed by atoms with van der Waals surface area (Å²) in [6.07, 6.45) is 3.85. The van der Waals surface area contributed by atoms with E-state index in [9.17, 15) is 0 Å². The van der Waals surface area contributed by atoms with Crippen LogP contribution in [0.5, 0.6) is 0 Å². The molecule has 0 aliphatic rings. The maximum absolute atomic E-state index is 9.14. The van der Waals surface area contributed by atoms with Crippen LogP contribution in [-0.2, 0) is 0 Å². The highest BCUT2D eigenvalue weighted by atomic mass is 79.9. The van der Waals surface area contributed by atoms with E-state index in [1.807, 2.05) is 19.2 Å². The summed E-state index contributed by atoms with van der Waals surface area (Å²) in [5, 5.41) is 12.4. The van der Waals surface area contributed by atoms with Gasteiger partial charge in [-0.15, -0.1) is 0 Å². The average Bonchev–Trinajstić information content (AvgIpc) is 2.29. The number of halogens is 1. The molecule has 0 aromatic carbocycles. The highest BCUT2D eigenvalue weighted by Gasteiger charge is 2.15. The van der Waals surface area contributed by atoms with Crippen LogP contribution in [0.3, 0.4) is 0 Å². The molecule has 0 saturated heterocycles. The molecule has 0 aliphatic heterocycles. The van der Waals surface area contributed by atoms with Crippen molar-refractivity contribution in [2.24, 2.45) is 5.41 Å². The lowest BCUT2D eigenvalue weighted by molar-refractivity contribution is 0.149. The Kier molecular flexibility index (Phi) is 5.40. The first-order valence-corrected chi connectivity index (χ1v) is 6.71. The Bertz CT molecular complexity index is 366. The first-order chi connectivity index (χ1) is 7.94. The van der Waals surface area contributed by atoms with Crippen molar-refractivity contribution in [2.45, 2.75) is 33.6 Å². The number of hydrogen-bond donors (Lipinski definition) is 2. The minimum absolute atomic E-state index is 0.0186. The lowest BCUT2D eigenvalue weighted by atomic mass is 9.89. The molecule has 0 saturated carbocycles. The summed E-state index contributed by atoms with van der Waals surface area (Å²) in [5.74, 6) is 0.910. The molecular weight excluding hydrogens is 280 g/mol. The van der Waals surface area contributed by atoms with E-state index in [0.717, 1.165) is 29.7 Å². The van der Waals surface area contributed by atoms with Crippen LogP contribution >= 0.6 is 15.9 Å². The molecule has 1 rings (SSSR count). The SMILES string of the molecule is Cc1cc(NCCCC(C)(C)CO)ncc1Br. The second kappa shape index (κ2) is 6.36. The van der Waals surface area contributed by atoms with E-state index in [0.29, 0.717) is 0 Å². The number of aromatic nitrogens is 1. The standard InChI is InChI=1S/C13H21BrN2O/c1-10-7-12(16-8-11(10)14)15-6-4-5-13(2,3)9-17/h7-8,17H,4-6,9H2,1-3H3,(H,15,16). The molecule has 2 N–H and O–H groups in total. The number of rotatable bonds is 6. The van der Waals surface area contributed by atoms with Crippen LogP contribution in [0.2, 0.25) is 0 Å². The number of aliphatic hydroxyl groups is 1. The van der Waals surface area contributed by atoms with Crippen LogP contribution < -0.4 is 5.32 Å². The van der Waals surface area contributed by atoms with Crippen molar-refractivity contribution in [3.05, 3.63) is 22.3 Å². The molecule has 0 radical (unpaired) electrons. The molecule has 1 aromatic heterocycles.